The zero-order chi connectivity index (χ0) is 14.9. The molecule has 2 heterocycles. The summed E-state index contributed by atoms with van der Waals surface area (Å²) in [7, 11) is 1.43. The first-order valence-corrected chi connectivity index (χ1v) is 8.76. The summed E-state index contributed by atoms with van der Waals surface area (Å²) < 4.78 is 4.82. The minimum Gasteiger partial charge on any atom is -0.465 e. The van der Waals surface area contributed by atoms with E-state index in [0.717, 1.165) is 23.9 Å². The van der Waals surface area contributed by atoms with E-state index in [1.165, 1.54) is 63.4 Å². The molecule has 1 spiro atoms. The second kappa shape index (κ2) is 5.95. The van der Waals surface area contributed by atoms with Crippen LogP contribution < -0.4 is 4.90 Å². The van der Waals surface area contributed by atoms with Crippen molar-refractivity contribution in [2.75, 3.05) is 25.1 Å². The Morgan fingerprint density at radius 2 is 1.86 bits per heavy atom. The second-order valence-corrected chi connectivity index (χ2v) is 7.43. The SMILES string of the molecule is COC(=O)c1sc(N2CCC3(CCCCC3)CC2)nc1C. The van der Waals surface area contributed by atoms with Crippen LogP contribution >= 0.6 is 11.3 Å². The first-order chi connectivity index (χ1) is 10.1. The maximum atomic E-state index is 11.7. The fourth-order valence-corrected chi connectivity index (χ4v) is 4.81. The van der Waals surface area contributed by atoms with E-state index in [-0.39, 0.29) is 5.97 Å². The summed E-state index contributed by atoms with van der Waals surface area (Å²) >= 11 is 1.47. The highest BCUT2D eigenvalue weighted by atomic mass is 32.1. The highest BCUT2D eigenvalue weighted by molar-refractivity contribution is 7.17. The average Bonchev–Trinajstić information content (AvgIpc) is 2.90. The number of aryl methyl sites for hydroxylation is 1. The van der Waals surface area contributed by atoms with E-state index in [9.17, 15) is 4.79 Å². The van der Waals surface area contributed by atoms with Crippen molar-refractivity contribution in [1.29, 1.82) is 0 Å². The zero-order valence-electron chi connectivity index (χ0n) is 13.0. The number of anilines is 1. The molecule has 1 aliphatic carbocycles. The van der Waals surface area contributed by atoms with E-state index in [0.29, 0.717) is 10.3 Å². The van der Waals surface area contributed by atoms with Crippen molar-refractivity contribution >= 4 is 22.4 Å². The Hall–Kier alpha value is -1.10. The fraction of sp³-hybridized carbons (Fsp3) is 0.750. The molecule has 1 saturated carbocycles. The molecule has 116 valence electrons. The maximum absolute atomic E-state index is 11.7. The van der Waals surface area contributed by atoms with Gasteiger partial charge in [0.2, 0.25) is 0 Å². The molecule has 5 heteroatoms. The Balaban J connectivity index is 1.68. The van der Waals surface area contributed by atoms with Crippen molar-refractivity contribution in [2.45, 2.75) is 51.9 Å². The van der Waals surface area contributed by atoms with Gasteiger partial charge in [-0.25, -0.2) is 9.78 Å². The lowest BCUT2D eigenvalue weighted by Crippen LogP contribution is -2.41. The summed E-state index contributed by atoms with van der Waals surface area (Å²) in [5.41, 5.74) is 1.39. The molecule has 0 radical (unpaired) electrons. The topological polar surface area (TPSA) is 42.4 Å². The van der Waals surface area contributed by atoms with Crippen LogP contribution in [-0.4, -0.2) is 31.2 Å². The van der Waals surface area contributed by atoms with Gasteiger partial charge in [-0.05, 0) is 38.0 Å². The molecule has 21 heavy (non-hydrogen) atoms. The van der Waals surface area contributed by atoms with Crippen molar-refractivity contribution in [3.63, 3.8) is 0 Å². The largest absolute Gasteiger partial charge is 0.465 e. The Morgan fingerprint density at radius 1 is 1.19 bits per heavy atom. The van der Waals surface area contributed by atoms with Gasteiger partial charge in [-0.1, -0.05) is 30.6 Å². The Morgan fingerprint density at radius 3 is 2.48 bits per heavy atom. The van der Waals surface area contributed by atoms with Gasteiger partial charge in [-0.15, -0.1) is 0 Å². The van der Waals surface area contributed by atoms with Crippen LogP contribution in [0.4, 0.5) is 5.13 Å². The summed E-state index contributed by atoms with van der Waals surface area (Å²) in [6.07, 6.45) is 9.60. The molecule has 2 aliphatic rings. The molecule has 0 atom stereocenters. The van der Waals surface area contributed by atoms with Crippen LogP contribution in [0, 0.1) is 12.3 Å². The summed E-state index contributed by atoms with van der Waals surface area (Å²) in [5, 5.41) is 0.985. The molecule has 0 aromatic carbocycles. The molecule has 3 rings (SSSR count). The lowest BCUT2D eigenvalue weighted by atomic mass is 9.68. The number of hydrogen-bond donors (Lipinski definition) is 0. The van der Waals surface area contributed by atoms with Crippen molar-refractivity contribution in [2.24, 2.45) is 5.41 Å². The monoisotopic (exact) mass is 308 g/mol. The Labute approximate surface area is 130 Å². The van der Waals surface area contributed by atoms with Crippen LogP contribution in [0.2, 0.25) is 0 Å². The first kappa shape index (κ1) is 14.8. The van der Waals surface area contributed by atoms with E-state index in [1.54, 1.807) is 0 Å². The third-order valence-electron chi connectivity index (χ3n) is 5.16. The lowest BCUT2D eigenvalue weighted by Gasteiger charge is -2.44. The number of thiazole rings is 1. The maximum Gasteiger partial charge on any atom is 0.350 e. The van der Waals surface area contributed by atoms with Crippen LogP contribution in [0.25, 0.3) is 0 Å². The van der Waals surface area contributed by atoms with E-state index < -0.39 is 0 Å². The predicted octanol–water partition coefficient (Wildman–Crippen LogP) is 3.79. The molecule has 0 N–H and O–H groups in total. The number of carbonyl (C=O) groups is 1. The molecule has 0 unspecified atom stereocenters. The number of hydrogen-bond acceptors (Lipinski definition) is 5. The van der Waals surface area contributed by atoms with E-state index in [2.05, 4.69) is 9.88 Å². The highest BCUT2D eigenvalue weighted by Gasteiger charge is 2.36. The van der Waals surface area contributed by atoms with Gasteiger partial charge in [0.15, 0.2) is 5.13 Å². The fourth-order valence-electron chi connectivity index (χ4n) is 3.77. The van der Waals surface area contributed by atoms with Crippen molar-refractivity contribution in [3.05, 3.63) is 10.6 Å². The number of carbonyl (C=O) groups excluding carboxylic acids is 1. The minimum absolute atomic E-state index is 0.267. The van der Waals surface area contributed by atoms with Crippen molar-refractivity contribution in [3.8, 4) is 0 Å². The lowest BCUT2D eigenvalue weighted by molar-refractivity contribution is 0.0605. The van der Waals surface area contributed by atoms with Crippen LogP contribution in [-0.2, 0) is 4.74 Å². The predicted molar refractivity (Wildman–Crippen MR) is 85.2 cm³/mol. The molecule has 1 aromatic rings. The molecular weight excluding hydrogens is 284 g/mol. The molecule has 4 nitrogen and oxygen atoms in total. The molecule has 1 aliphatic heterocycles. The highest BCUT2D eigenvalue weighted by Crippen LogP contribution is 2.45. The number of nitrogens with zero attached hydrogens (tertiary/aromatic N) is 2. The van der Waals surface area contributed by atoms with Gasteiger partial charge in [-0.3, -0.25) is 0 Å². The van der Waals surface area contributed by atoms with Crippen molar-refractivity contribution in [1.82, 2.24) is 4.98 Å². The summed E-state index contributed by atoms with van der Waals surface area (Å²) in [4.78, 5) is 19.3. The van der Waals surface area contributed by atoms with Crippen LogP contribution in [0.15, 0.2) is 0 Å². The molecule has 0 bridgehead atoms. The van der Waals surface area contributed by atoms with Gasteiger partial charge in [0.05, 0.1) is 12.8 Å². The summed E-state index contributed by atoms with van der Waals surface area (Å²) in [6, 6.07) is 0. The first-order valence-electron chi connectivity index (χ1n) is 7.94. The summed E-state index contributed by atoms with van der Waals surface area (Å²) in [5.74, 6) is -0.267. The standard InChI is InChI=1S/C16H24N2O2S/c1-12-13(14(19)20-2)21-15(17-12)18-10-8-16(9-11-18)6-4-3-5-7-16/h3-11H2,1-2H3. The van der Waals surface area contributed by atoms with Gasteiger partial charge in [0, 0.05) is 13.1 Å². The van der Waals surface area contributed by atoms with Gasteiger partial charge in [-0.2, -0.15) is 0 Å². The second-order valence-electron chi connectivity index (χ2n) is 6.45. The zero-order valence-corrected chi connectivity index (χ0v) is 13.8. The minimum atomic E-state index is -0.267. The summed E-state index contributed by atoms with van der Waals surface area (Å²) in [6.45, 7) is 4.04. The van der Waals surface area contributed by atoms with Gasteiger partial charge in [0.1, 0.15) is 4.88 Å². The number of rotatable bonds is 2. The van der Waals surface area contributed by atoms with E-state index in [4.69, 9.17) is 4.74 Å². The number of ether oxygens (including phenoxy) is 1. The van der Waals surface area contributed by atoms with E-state index in [1.807, 2.05) is 6.92 Å². The third-order valence-corrected chi connectivity index (χ3v) is 6.36. The Kier molecular flexibility index (Phi) is 4.20. The van der Waals surface area contributed by atoms with Crippen molar-refractivity contribution < 1.29 is 9.53 Å². The quantitative estimate of drug-likeness (QED) is 0.780. The molecule has 1 aromatic heterocycles. The smallest absolute Gasteiger partial charge is 0.350 e. The normalized spacial score (nSPS) is 21.5. The van der Waals surface area contributed by atoms with Gasteiger partial charge in [0.25, 0.3) is 0 Å². The average molecular weight is 308 g/mol. The Bertz CT molecular complexity index is 510. The number of aromatic nitrogens is 1. The van der Waals surface area contributed by atoms with Crippen LogP contribution in [0.3, 0.4) is 0 Å². The number of piperidine rings is 1. The molecule has 0 amide bonds. The van der Waals surface area contributed by atoms with Crippen LogP contribution in [0.5, 0.6) is 0 Å². The molecule has 2 fully saturated rings. The molecule has 1 saturated heterocycles. The molecular formula is C16H24N2O2S. The van der Waals surface area contributed by atoms with Gasteiger partial charge < -0.3 is 9.64 Å². The van der Waals surface area contributed by atoms with Crippen LogP contribution in [0.1, 0.15) is 60.3 Å². The van der Waals surface area contributed by atoms with Gasteiger partial charge >= 0.3 is 5.97 Å². The number of methoxy groups -OCH3 is 1. The number of esters is 1. The third kappa shape index (κ3) is 2.93. The van der Waals surface area contributed by atoms with E-state index >= 15 is 0 Å².